The zero-order valence-electron chi connectivity index (χ0n) is 11.2. The number of hydrogen-bond donors (Lipinski definition) is 2. The van der Waals surface area contributed by atoms with Gasteiger partial charge in [-0.05, 0) is 30.0 Å². The summed E-state index contributed by atoms with van der Waals surface area (Å²) in [6.07, 6.45) is 0. The first kappa shape index (κ1) is 13.7. The first-order valence-corrected chi connectivity index (χ1v) is 6.94. The Morgan fingerprint density at radius 2 is 2.00 bits per heavy atom. The van der Waals surface area contributed by atoms with E-state index >= 15 is 0 Å². The Balaban J connectivity index is 1.86. The second-order valence-corrected chi connectivity index (χ2v) is 5.02. The molecule has 110 valence electrons. The Bertz CT molecular complexity index is 633. The van der Waals surface area contributed by atoms with E-state index in [0.29, 0.717) is 24.1 Å². The molecule has 0 fully saturated rings. The maximum atomic E-state index is 5.54. The number of nitrogen functional groups attached to an aromatic ring is 1. The van der Waals surface area contributed by atoms with E-state index in [-0.39, 0.29) is 12.0 Å². The highest BCUT2D eigenvalue weighted by Gasteiger charge is 2.14. The van der Waals surface area contributed by atoms with Gasteiger partial charge < -0.3 is 14.2 Å². The van der Waals surface area contributed by atoms with Crippen LogP contribution in [0.3, 0.4) is 0 Å². The average Bonchev–Trinajstić information content (AvgIpc) is 2.54. The lowest BCUT2D eigenvalue weighted by Crippen LogP contribution is -2.15. The Kier molecular flexibility index (Phi) is 3.93. The van der Waals surface area contributed by atoms with Gasteiger partial charge in [-0.15, -0.1) is 0 Å². The monoisotopic (exact) mass is 307 g/mol. The zero-order chi connectivity index (χ0) is 14.7. The average molecular weight is 307 g/mol. The smallest absolute Gasteiger partial charge is 0.322 e. The lowest BCUT2D eigenvalue weighted by molar-refractivity contribution is 0.171. The molecule has 0 radical (unpaired) electrons. The molecule has 0 saturated carbocycles. The number of hydrogen-bond acceptors (Lipinski definition) is 9. The third kappa shape index (κ3) is 3.09. The van der Waals surface area contributed by atoms with Crippen molar-refractivity contribution >= 4 is 17.7 Å². The standard InChI is InChI=1S/C12H13N5O3S/c1-18-11-14-10(17-13)15-12(16-11)21-7-2-3-8-9(6-7)20-5-4-19-8/h2-3,6H,4-5,13H2,1H3,(H,14,15,16,17). The van der Waals surface area contributed by atoms with Crippen molar-refractivity contribution in [2.45, 2.75) is 10.1 Å². The SMILES string of the molecule is COc1nc(NN)nc(Sc2ccc3c(c2)OCCO3)n1. The summed E-state index contributed by atoms with van der Waals surface area (Å²) in [4.78, 5) is 13.2. The van der Waals surface area contributed by atoms with Crippen molar-refractivity contribution in [2.24, 2.45) is 5.84 Å². The van der Waals surface area contributed by atoms with Crippen LogP contribution in [0.2, 0.25) is 0 Å². The van der Waals surface area contributed by atoms with Crippen LogP contribution in [-0.4, -0.2) is 35.3 Å². The Morgan fingerprint density at radius 3 is 2.76 bits per heavy atom. The van der Waals surface area contributed by atoms with Crippen molar-refractivity contribution in [3.63, 3.8) is 0 Å². The van der Waals surface area contributed by atoms with Gasteiger partial charge in [0.25, 0.3) is 0 Å². The van der Waals surface area contributed by atoms with Crippen LogP contribution in [0.5, 0.6) is 17.5 Å². The Labute approximate surface area is 125 Å². The molecule has 1 aliphatic heterocycles. The number of nitrogens with zero attached hydrogens (tertiary/aromatic N) is 3. The van der Waals surface area contributed by atoms with Gasteiger partial charge in [-0.25, -0.2) is 5.84 Å². The van der Waals surface area contributed by atoms with E-state index in [4.69, 9.17) is 20.1 Å². The van der Waals surface area contributed by atoms with Gasteiger partial charge in [0.05, 0.1) is 7.11 Å². The number of nitrogens with two attached hydrogens (primary N) is 1. The van der Waals surface area contributed by atoms with Crippen molar-refractivity contribution in [1.29, 1.82) is 0 Å². The molecular weight excluding hydrogens is 294 g/mol. The molecule has 0 amide bonds. The number of fused-ring (bicyclic) bond motifs is 1. The molecule has 3 N–H and O–H groups in total. The first-order valence-electron chi connectivity index (χ1n) is 6.12. The van der Waals surface area contributed by atoms with Gasteiger partial charge in [-0.1, -0.05) is 0 Å². The lowest BCUT2D eigenvalue weighted by atomic mass is 10.3. The normalized spacial score (nSPS) is 12.9. The van der Waals surface area contributed by atoms with E-state index in [1.165, 1.54) is 18.9 Å². The molecule has 0 unspecified atom stereocenters. The number of hydrazine groups is 1. The fourth-order valence-corrected chi connectivity index (χ4v) is 2.50. The molecule has 8 nitrogen and oxygen atoms in total. The summed E-state index contributed by atoms with van der Waals surface area (Å²) in [6.45, 7) is 1.11. The molecule has 0 atom stereocenters. The largest absolute Gasteiger partial charge is 0.486 e. The fourth-order valence-electron chi connectivity index (χ4n) is 1.73. The number of anilines is 1. The molecule has 0 spiro atoms. The lowest BCUT2D eigenvalue weighted by Gasteiger charge is -2.18. The highest BCUT2D eigenvalue weighted by Crippen LogP contribution is 2.36. The number of nitrogens with one attached hydrogen (secondary N) is 1. The number of methoxy groups -OCH3 is 1. The molecule has 1 aromatic carbocycles. The first-order chi connectivity index (χ1) is 10.3. The number of rotatable bonds is 4. The summed E-state index contributed by atoms with van der Waals surface area (Å²) < 4.78 is 16.0. The van der Waals surface area contributed by atoms with E-state index in [1.54, 1.807) is 0 Å². The van der Waals surface area contributed by atoms with Gasteiger partial charge in [0, 0.05) is 4.90 Å². The molecule has 0 saturated heterocycles. The molecule has 1 aliphatic rings. The van der Waals surface area contributed by atoms with Gasteiger partial charge >= 0.3 is 6.01 Å². The maximum absolute atomic E-state index is 5.54. The quantitative estimate of drug-likeness (QED) is 0.634. The topological polar surface area (TPSA) is 104 Å². The number of aromatic nitrogens is 3. The molecule has 0 bridgehead atoms. The Morgan fingerprint density at radius 1 is 1.19 bits per heavy atom. The van der Waals surface area contributed by atoms with Crippen LogP contribution in [0.25, 0.3) is 0 Å². The molecule has 1 aromatic heterocycles. The molecule has 2 heterocycles. The predicted octanol–water partition coefficient (Wildman–Crippen LogP) is 1.09. The van der Waals surface area contributed by atoms with E-state index in [9.17, 15) is 0 Å². The Hall–Kier alpha value is -2.26. The molecule has 21 heavy (non-hydrogen) atoms. The molecule has 9 heteroatoms. The summed E-state index contributed by atoms with van der Waals surface area (Å²) in [5, 5.41) is 0.464. The van der Waals surface area contributed by atoms with Crippen LogP contribution in [0.4, 0.5) is 5.95 Å². The second kappa shape index (κ2) is 6.02. The van der Waals surface area contributed by atoms with Gasteiger partial charge in [-0.3, -0.25) is 5.43 Å². The summed E-state index contributed by atoms with van der Waals surface area (Å²) in [7, 11) is 1.48. The van der Waals surface area contributed by atoms with Crippen molar-refractivity contribution in [2.75, 3.05) is 25.7 Å². The van der Waals surface area contributed by atoms with Crippen molar-refractivity contribution in [3.05, 3.63) is 18.2 Å². The van der Waals surface area contributed by atoms with Crippen LogP contribution in [-0.2, 0) is 0 Å². The van der Waals surface area contributed by atoms with Gasteiger partial charge in [0.1, 0.15) is 13.2 Å². The van der Waals surface area contributed by atoms with Crippen molar-refractivity contribution < 1.29 is 14.2 Å². The third-order valence-electron chi connectivity index (χ3n) is 2.63. The third-order valence-corrected chi connectivity index (χ3v) is 3.48. The minimum atomic E-state index is 0.193. The highest BCUT2D eigenvalue weighted by atomic mass is 32.2. The molecule has 2 aromatic rings. The van der Waals surface area contributed by atoms with Crippen LogP contribution >= 0.6 is 11.8 Å². The predicted molar refractivity (Wildman–Crippen MR) is 75.7 cm³/mol. The summed E-state index contributed by atoms with van der Waals surface area (Å²) in [5.74, 6) is 7.01. The van der Waals surface area contributed by atoms with E-state index in [0.717, 1.165) is 10.6 Å². The van der Waals surface area contributed by atoms with Crippen LogP contribution < -0.4 is 25.5 Å². The summed E-state index contributed by atoms with van der Waals surface area (Å²) in [6, 6.07) is 5.84. The van der Waals surface area contributed by atoms with Crippen LogP contribution in [0.1, 0.15) is 0 Å². The molecule has 0 aliphatic carbocycles. The zero-order valence-corrected chi connectivity index (χ0v) is 12.0. The second-order valence-electron chi connectivity index (χ2n) is 3.98. The van der Waals surface area contributed by atoms with Crippen LogP contribution in [0.15, 0.2) is 28.3 Å². The van der Waals surface area contributed by atoms with Gasteiger partial charge in [0.2, 0.25) is 11.1 Å². The molecular formula is C12H13N5O3S. The summed E-state index contributed by atoms with van der Waals surface area (Å²) in [5.41, 5.74) is 2.38. The molecule has 3 rings (SSSR count). The summed E-state index contributed by atoms with van der Waals surface area (Å²) >= 11 is 1.35. The minimum Gasteiger partial charge on any atom is -0.486 e. The minimum absolute atomic E-state index is 0.193. The van der Waals surface area contributed by atoms with E-state index < -0.39 is 0 Å². The van der Waals surface area contributed by atoms with E-state index in [2.05, 4.69) is 20.4 Å². The maximum Gasteiger partial charge on any atom is 0.322 e. The van der Waals surface area contributed by atoms with Gasteiger partial charge in [-0.2, -0.15) is 15.0 Å². The van der Waals surface area contributed by atoms with Crippen molar-refractivity contribution in [3.8, 4) is 17.5 Å². The van der Waals surface area contributed by atoms with Crippen LogP contribution in [0, 0.1) is 0 Å². The fraction of sp³-hybridized carbons (Fsp3) is 0.250. The number of ether oxygens (including phenoxy) is 3. The van der Waals surface area contributed by atoms with E-state index in [1.807, 2.05) is 18.2 Å². The highest BCUT2D eigenvalue weighted by molar-refractivity contribution is 7.99. The van der Waals surface area contributed by atoms with Crippen molar-refractivity contribution in [1.82, 2.24) is 15.0 Å². The number of benzene rings is 1. The van der Waals surface area contributed by atoms with Gasteiger partial charge in [0.15, 0.2) is 11.5 Å².